The van der Waals surface area contributed by atoms with E-state index in [9.17, 15) is 0 Å². The third-order valence-corrected chi connectivity index (χ3v) is 3.07. The summed E-state index contributed by atoms with van der Waals surface area (Å²) in [5.41, 5.74) is 1.75. The Kier molecular flexibility index (Phi) is 4.43. The van der Waals surface area contributed by atoms with Crippen LogP contribution in [0.3, 0.4) is 0 Å². The number of nitrogens with zero attached hydrogens (tertiary/aromatic N) is 1. The van der Waals surface area contributed by atoms with Crippen molar-refractivity contribution in [1.29, 1.82) is 5.26 Å². The molecule has 2 rings (SSSR count). The molecule has 0 aliphatic heterocycles. The molecule has 0 aromatic heterocycles. The van der Waals surface area contributed by atoms with Gasteiger partial charge in [0.15, 0.2) is 0 Å². The fourth-order valence-electron chi connectivity index (χ4n) is 1.80. The van der Waals surface area contributed by atoms with Gasteiger partial charge in [0, 0.05) is 6.07 Å². The van der Waals surface area contributed by atoms with Gasteiger partial charge in [-0.3, -0.25) is 0 Å². The van der Waals surface area contributed by atoms with Crippen LogP contribution in [0, 0.1) is 11.3 Å². The van der Waals surface area contributed by atoms with E-state index in [2.05, 4.69) is 19.1 Å². The highest BCUT2D eigenvalue weighted by molar-refractivity contribution is 6.31. The fourth-order valence-corrected chi connectivity index (χ4v) is 2.01. The van der Waals surface area contributed by atoms with E-state index in [-0.39, 0.29) is 0 Å². The quantitative estimate of drug-likeness (QED) is 0.788. The first-order chi connectivity index (χ1) is 9.22. The first-order valence-electron chi connectivity index (χ1n) is 6.19. The number of hydrogen-bond acceptors (Lipinski definition) is 2. The summed E-state index contributed by atoms with van der Waals surface area (Å²) in [6.07, 6.45) is 2.20. The highest BCUT2D eigenvalue weighted by Gasteiger charge is 2.03. The summed E-state index contributed by atoms with van der Waals surface area (Å²) < 4.78 is 5.70. The largest absolute Gasteiger partial charge is 0.457 e. The third kappa shape index (κ3) is 3.49. The van der Waals surface area contributed by atoms with E-state index in [4.69, 9.17) is 21.6 Å². The summed E-state index contributed by atoms with van der Waals surface area (Å²) in [5, 5.41) is 9.21. The Balaban J connectivity index is 2.13. The van der Waals surface area contributed by atoms with Crippen molar-refractivity contribution in [2.24, 2.45) is 0 Å². The molecule has 0 saturated heterocycles. The van der Waals surface area contributed by atoms with Crippen molar-refractivity contribution >= 4 is 11.6 Å². The van der Waals surface area contributed by atoms with E-state index in [0.717, 1.165) is 18.6 Å². The first-order valence-corrected chi connectivity index (χ1v) is 6.57. The summed E-state index contributed by atoms with van der Waals surface area (Å²) in [7, 11) is 0. The molecule has 0 N–H and O–H groups in total. The van der Waals surface area contributed by atoms with Crippen molar-refractivity contribution in [3.05, 3.63) is 58.6 Å². The zero-order valence-electron chi connectivity index (χ0n) is 10.7. The van der Waals surface area contributed by atoms with Gasteiger partial charge in [-0.25, -0.2) is 0 Å². The van der Waals surface area contributed by atoms with E-state index in [1.165, 1.54) is 5.56 Å². The summed E-state index contributed by atoms with van der Waals surface area (Å²) in [4.78, 5) is 0. The summed E-state index contributed by atoms with van der Waals surface area (Å²) in [6, 6.07) is 15.1. The summed E-state index contributed by atoms with van der Waals surface area (Å²) in [6.45, 7) is 2.16. The van der Waals surface area contributed by atoms with Crippen LogP contribution in [0.1, 0.15) is 24.5 Å². The SMILES string of the molecule is CCCc1ccc(Oc2ccc(C#N)c(Cl)c2)cc1. The molecule has 96 valence electrons. The minimum atomic E-state index is 0.405. The van der Waals surface area contributed by atoms with Crippen molar-refractivity contribution in [1.82, 2.24) is 0 Å². The second-order valence-electron chi connectivity index (χ2n) is 4.25. The Morgan fingerprint density at radius 2 is 1.79 bits per heavy atom. The van der Waals surface area contributed by atoms with Gasteiger partial charge in [0.2, 0.25) is 0 Å². The molecule has 0 heterocycles. The number of ether oxygens (including phenoxy) is 1. The maximum absolute atomic E-state index is 8.80. The van der Waals surface area contributed by atoms with E-state index in [0.29, 0.717) is 16.3 Å². The third-order valence-electron chi connectivity index (χ3n) is 2.76. The van der Waals surface area contributed by atoms with Crippen molar-refractivity contribution in [3.8, 4) is 17.6 Å². The van der Waals surface area contributed by atoms with Gasteiger partial charge >= 0.3 is 0 Å². The molecule has 3 heteroatoms. The number of aryl methyl sites for hydroxylation is 1. The first kappa shape index (κ1) is 13.5. The lowest BCUT2D eigenvalue weighted by molar-refractivity contribution is 0.482. The molecule has 0 atom stereocenters. The van der Waals surface area contributed by atoms with E-state index in [1.54, 1.807) is 18.2 Å². The van der Waals surface area contributed by atoms with Crippen LogP contribution in [-0.4, -0.2) is 0 Å². The Morgan fingerprint density at radius 1 is 1.11 bits per heavy atom. The predicted molar refractivity (Wildman–Crippen MR) is 76.7 cm³/mol. The summed E-state index contributed by atoms with van der Waals surface area (Å²) in [5.74, 6) is 1.40. The highest BCUT2D eigenvalue weighted by atomic mass is 35.5. The van der Waals surface area contributed by atoms with Crippen LogP contribution >= 0.6 is 11.6 Å². The molecule has 0 unspecified atom stereocenters. The van der Waals surface area contributed by atoms with Crippen LogP contribution in [0.5, 0.6) is 11.5 Å². The van der Waals surface area contributed by atoms with Gasteiger partial charge in [0.05, 0.1) is 10.6 Å². The molecule has 19 heavy (non-hydrogen) atoms. The lowest BCUT2D eigenvalue weighted by atomic mass is 10.1. The molecule has 2 nitrogen and oxygen atoms in total. The lowest BCUT2D eigenvalue weighted by Gasteiger charge is -2.07. The predicted octanol–water partition coefficient (Wildman–Crippen LogP) is 4.96. The van der Waals surface area contributed by atoms with E-state index < -0.39 is 0 Å². The Labute approximate surface area is 118 Å². The molecule has 0 amide bonds. The number of nitriles is 1. The Hall–Kier alpha value is -1.98. The van der Waals surface area contributed by atoms with Crippen molar-refractivity contribution in [3.63, 3.8) is 0 Å². The molecule has 0 bridgehead atoms. The van der Waals surface area contributed by atoms with Gasteiger partial charge in [-0.2, -0.15) is 5.26 Å². The topological polar surface area (TPSA) is 33.0 Å². The number of halogens is 1. The van der Waals surface area contributed by atoms with Crippen molar-refractivity contribution in [2.75, 3.05) is 0 Å². The number of benzene rings is 2. The molecule has 0 fully saturated rings. The average molecular weight is 272 g/mol. The zero-order chi connectivity index (χ0) is 13.7. The highest BCUT2D eigenvalue weighted by Crippen LogP contribution is 2.26. The minimum Gasteiger partial charge on any atom is -0.457 e. The molecule has 2 aromatic carbocycles. The standard InChI is InChI=1S/C16H14ClNO/c1-2-3-12-4-7-14(8-5-12)19-15-9-6-13(11-18)16(17)10-15/h4-10H,2-3H2,1H3. The van der Waals surface area contributed by atoms with Crippen LogP contribution in [0.2, 0.25) is 5.02 Å². The Bertz CT molecular complexity index is 599. The second kappa shape index (κ2) is 6.26. The number of hydrogen-bond donors (Lipinski definition) is 0. The number of rotatable bonds is 4. The van der Waals surface area contributed by atoms with Crippen LogP contribution in [-0.2, 0) is 6.42 Å². The van der Waals surface area contributed by atoms with Gasteiger partial charge < -0.3 is 4.74 Å². The monoisotopic (exact) mass is 271 g/mol. The summed E-state index contributed by atoms with van der Waals surface area (Å²) >= 11 is 5.96. The second-order valence-corrected chi connectivity index (χ2v) is 4.66. The normalized spacial score (nSPS) is 9.95. The molecule has 0 saturated carbocycles. The van der Waals surface area contributed by atoms with E-state index >= 15 is 0 Å². The lowest BCUT2D eigenvalue weighted by Crippen LogP contribution is -1.87. The fraction of sp³-hybridized carbons (Fsp3) is 0.188. The maximum atomic E-state index is 8.80. The molecule has 0 spiro atoms. The van der Waals surface area contributed by atoms with Crippen LogP contribution in [0.25, 0.3) is 0 Å². The van der Waals surface area contributed by atoms with Gasteiger partial charge in [-0.05, 0) is 36.2 Å². The van der Waals surface area contributed by atoms with Gasteiger partial charge in [0.25, 0.3) is 0 Å². The van der Waals surface area contributed by atoms with Crippen molar-refractivity contribution in [2.45, 2.75) is 19.8 Å². The van der Waals surface area contributed by atoms with Gasteiger partial charge in [-0.15, -0.1) is 0 Å². The maximum Gasteiger partial charge on any atom is 0.129 e. The molecule has 0 aliphatic carbocycles. The van der Waals surface area contributed by atoms with Crippen molar-refractivity contribution < 1.29 is 4.74 Å². The Morgan fingerprint density at radius 3 is 2.37 bits per heavy atom. The smallest absolute Gasteiger partial charge is 0.129 e. The van der Waals surface area contributed by atoms with Crippen LogP contribution < -0.4 is 4.74 Å². The van der Waals surface area contributed by atoms with Gasteiger partial charge in [-0.1, -0.05) is 37.1 Å². The minimum absolute atomic E-state index is 0.405. The van der Waals surface area contributed by atoms with Gasteiger partial charge in [0.1, 0.15) is 17.6 Å². The molecule has 0 radical (unpaired) electrons. The van der Waals surface area contributed by atoms with Crippen LogP contribution in [0.4, 0.5) is 0 Å². The molecular weight excluding hydrogens is 258 g/mol. The molecule has 2 aromatic rings. The zero-order valence-corrected chi connectivity index (χ0v) is 11.4. The molecular formula is C16H14ClNO. The van der Waals surface area contributed by atoms with E-state index in [1.807, 2.05) is 18.2 Å². The van der Waals surface area contributed by atoms with Crippen LogP contribution in [0.15, 0.2) is 42.5 Å². The average Bonchev–Trinajstić information content (AvgIpc) is 2.42. The molecule has 0 aliphatic rings.